The van der Waals surface area contributed by atoms with E-state index in [4.69, 9.17) is 4.74 Å². The van der Waals surface area contributed by atoms with Gasteiger partial charge >= 0.3 is 5.97 Å². The Labute approximate surface area is 241 Å². The molecule has 1 heterocycles. The maximum atomic E-state index is 11.6. The summed E-state index contributed by atoms with van der Waals surface area (Å²) in [4.78, 5) is 14.2. The summed E-state index contributed by atoms with van der Waals surface area (Å²) in [5, 5.41) is 5.55. The lowest BCUT2D eigenvalue weighted by atomic mass is 9.86. The van der Waals surface area contributed by atoms with E-state index in [-0.39, 0.29) is 11.9 Å². The van der Waals surface area contributed by atoms with Crippen molar-refractivity contribution in [3.63, 3.8) is 0 Å². The molecule has 3 aliphatic rings. The number of esters is 1. The van der Waals surface area contributed by atoms with Gasteiger partial charge in [0.05, 0.1) is 7.11 Å². The van der Waals surface area contributed by atoms with Crippen molar-refractivity contribution in [2.24, 2.45) is 0 Å². The van der Waals surface area contributed by atoms with Crippen LogP contribution in [0.2, 0.25) is 0 Å². The summed E-state index contributed by atoms with van der Waals surface area (Å²) in [6, 6.07) is 31.2. The van der Waals surface area contributed by atoms with Crippen LogP contribution in [-0.2, 0) is 28.8 Å². The Morgan fingerprint density at radius 3 is 2.54 bits per heavy atom. The zero-order chi connectivity index (χ0) is 27.8. The second-order valence-corrected chi connectivity index (χ2v) is 11.4. The number of nitrogens with zero attached hydrogens (tertiary/aromatic N) is 1. The number of fused-ring (bicyclic) bond motifs is 5. The van der Waals surface area contributed by atoms with Crippen LogP contribution in [-0.4, -0.2) is 24.5 Å². The van der Waals surface area contributed by atoms with Gasteiger partial charge in [-0.05, 0) is 92.4 Å². The first-order chi connectivity index (χ1) is 20.2. The highest BCUT2D eigenvalue weighted by Crippen LogP contribution is 2.35. The smallest absolute Gasteiger partial charge is 0.305 e. The predicted molar refractivity (Wildman–Crippen MR) is 165 cm³/mol. The molecule has 0 radical (unpaired) electrons. The number of carbonyl (C=O) groups is 1. The normalized spacial score (nSPS) is 17.0. The third-order valence-corrected chi connectivity index (χ3v) is 9.12. The molecule has 1 unspecified atom stereocenters. The van der Waals surface area contributed by atoms with Crippen molar-refractivity contribution in [2.45, 2.75) is 44.4 Å². The molecule has 1 aliphatic heterocycles. The van der Waals surface area contributed by atoms with E-state index in [1.54, 1.807) is 0 Å². The number of aryl methyl sites for hydroxylation is 1. The summed E-state index contributed by atoms with van der Waals surface area (Å²) >= 11 is 0. The number of hydrogen-bond donors (Lipinski definition) is 0. The number of benzene rings is 4. The van der Waals surface area contributed by atoms with Crippen molar-refractivity contribution in [1.29, 1.82) is 0 Å². The van der Waals surface area contributed by atoms with Crippen molar-refractivity contribution >= 4 is 23.8 Å². The lowest BCUT2D eigenvalue weighted by molar-refractivity contribution is -0.140. The second-order valence-electron chi connectivity index (χ2n) is 11.4. The first-order valence-corrected chi connectivity index (χ1v) is 14.8. The molecule has 0 amide bonds. The molecule has 7 rings (SSSR count). The highest BCUT2D eigenvalue weighted by atomic mass is 16.5. The van der Waals surface area contributed by atoms with Gasteiger partial charge in [0, 0.05) is 30.8 Å². The molecule has 0 N–H and O–H groups in total. The van der Waals surface area contributed by atoms with Crippen LogP contribution in [0.15, 0.2) is 91.1 Å². The number of carbonyl (C=O) groups excluding carboxylic acids is 1. The molecule has 0 fully saturated rings. The van der Waals surface area contributed by atoms with Crippen molar-refractivity contribution < 1.29 is 9.53 Å². The molecule has 1 atom stereocenters. The van der Waals surface area contributed by atoms with Gasteiger partial charge in [-0.25, -0.2) is 0 Å². The average molecular weight is 538 g/mol. The molecule has 4 aromatic rings. The van der Waals surface area contributed by atoms with Gasteiger partial charge < -0.3 is 9.64 Å². The van der Waals surface area contributed by atoms with Gasteiger partial charge in [-0.15, -0.1) is 0 Å². The molecule has 2 aliphatic carbocycles. The SMILES string of the molecule is COC(=O)CCc1ccc(C2CN(C3=c4ccc5c(c4CCC3)CC=c3ccccc3=5)C=Cc3ccccc32)cc1. The monoisotopic (exact) mass is 537 g/mol. The van der Waals surface area contributed by atoms with E-state index >= 15 is 0 Å². The Hall–Kier alpha value is -4.37. The highest BCUT2D eigenvalue weighted by Gasteiger charge is 2.25. The van der Waals surface area contributed by atoms with Crippen LogP contribution in [0.5, 0.6) is 0 Å². The number of hydrogen-bond acceptors (Lipinski definition) is 3. The van der Waals surface area contributed by atoms with Gasteiger partial charge in [0.2, 0.25) is 0 Å². The summed E-state index contributed by atoms with van der Waals surface area (Å²) in [5.41, 5.74) is 9.60. The predicted octanol–water partition coefficient (Wildman–Crippen LogP) is 5.98. The van der Waals surface area contributed by atoms with Gasteiger partial charge in [-0.3, -0.25) is 4.79 Å². The van der Waals surface area contributed by atoms with Gasteiger partial charge in [-0.1, -0.05) is 91.0 Å². The molecule has 204 valence electrons. The fourth-order valence-electron chi connectivity index (χ4n) is 6.99. The van der Waals surface area contributed by atoms with E-state index in [0.717, 1.165) is 31.4 Å². The molecular formula is C38H35NO2. The quantitative estimate of drug-likeness (QED) is 0.294. The van der Waals surface area contributed by atoms with Crippen molar-refractivity contribution in [3.05, 3.63) is 145 Å². The molecule has 3 heteroatoms. The highest BCUT2D eigenvalue weighted by molar-refractivity contribution is 5.69. The van der Waals surface area contributed by atoms with Gasteiger partial charge in [0.25, 0.3) is 0 Å². The molecule has 41 heavy (non-hydrogen) atoms. The molecule has 0 saturated heterocycles. The summed E-state index contributed by atoms with van der Waals surface area (Å²) in [5.74, 6) is 0.0770. The Bertz CT molecular complexity index is 1880. The lowest BCUT2D eigenvalue weighted by Gasteiger charge is -2.31. The Morgan fingerprint density at radius 1 is 0.854 bits per heavy atom. The zero-order valence-electron chi connectivity index (χ0n) is 23.6. The molecule has 3 nitrogen and oxygen atoms in total. The van der Waals surface area contributed by atoms with Gasteiger partial charge in [-0.2, -0.15) is 0 Å². The Balaban J connectivity index is 1.30. The van der Waals surface area contributed by atoms with Crippen LogP contribution < -0.4 is 10.4 Å². The minimum atomic E-state index is -0.165. The van der Waals surface area contributed by atoms with E-state index in [0.29, 0.717) is 12.8 Å². The number of methoxy groups -OCH3 is 1. The number of ether oxygens (including phenoxy) is 1. The molecule has 0 aromatic heterocycles. The van der Waals surface area contributed by atoms with Crippen LogP contribution in [0, 0.1) is 10.4 Å². The molecular weight excluding hydrogens is 502 g/mol. The fraction of sp³-hybridized carbons (Fsp3) is 0.237. The standard InChI is InChI=1S/C38H35NO2/c1-41-38(40)22-15-26-13-16-29(17-14-26)36-25-39(24-23-28-8-3-5-10-31(28)36)37-12-6-11-32-34-19-18-27-7-2-4-9-30(27)33(34)20-21-35(32)37/h2-5,7-10,13-14,16-18,20-21,23-24,36H,6,11-12,15,19,22,25H2,1H3. The molecule has 0 spiro atoms. The van der Waals surface area contributed by atoms with Crippen LogP contribution in [0.1, 0.15) is 58.6 Å². The molecule has 0 saturated carbocycles. The molecule has 4 aromatic carbocycles. The summed E-state index contributed by atoms with van der Waals surface area (Å²) in [7, 11) is 1.45. The summed E-state index contributed by atoms with van der Waals surface area (Å²) in [6.07, 6.45) is 12.5. The molecule has 0 bridgehead atoms. The van der Waals surface area contributed by atoms with E-state index in [2.05, 4.69) is 108 Å². The van der Waals surface area contributed by atoms with E-state index in [1.165, 1.54) is 67.9 Å². The maximum absolute atomic E-state index is 11.6. The number of rotatable bonds is 5. The van der Waals surface area contributed by atoms with Crippen molar-refractivity contribution in [1.82, 2.24) is 4.90 Å². The van der Waals surface area contributed by atoms with E-state index < -0.39 is 0 Å². The van der Waals surface area contributed by atoms with Crippen LogP contribution in [0.25, 0.3) is 17.8 Å². The fourth-order valence-corrected chi connectivity index (χ4v) is 6.99. The zero-order valence-corrected chi connectivity index (χ0v) is 23.6. The van der Waals surface area contributed by atoms with Crippen molar-refractivity contribution in [2.75, 3.05) is 13.7 Å². The summed E-state index contributed by atoms with van der Waals surface area (Å²) in [6.45, 7) is 0.899. The van der Waals surface area contributed by atoms with Crippen LogP contribution in [0.4, 0.5) is 0 Å². The third-order valence-electron chi connectivity index (χ3n) is 9.12. The summed E-state index contributed by atoms with van der Waals surface area (Å²) < 4.78 is 4.83. The van der Waals surface area contributed by atoms with E-state index in [1.807, 2.05) is 0 Å². The largest absolute Gasteiger partial charge is 0.469 e. The topological polar surface area (TPSA) is 29.5 Å². The minimum Gasteiger partial charge on any atom is -0.469 e. The van der Waals surface area contributed by atoms with E-state index in [9.17, 15) is 4.79 Å². The van der Waals surface area contributed by atoms with Crippen molar-refractivity contribution in [3.8, 4) is 0 Å². The minimum absolute atomic E-state index is 0.165. The van der Waals surface area contributed by atoms with Crippen LogP contribution in [0.3, 0.4) is 0 Å². The first-order valence-electron chi connectivity index (χ1n) is 14.8. The van der Waals surface area contributed by atoms with Crippen LogP contribution >= 0.6 is 0 Å². The second kappa shape index (κ2) is 10.9. The first kappa shape index (κ1) is 25.6. The van der Waals surface area contributed by atoms with Gasteiger partial charge in [0.15, 0.2) is 0 Å². The lowest BCUT2D eigenvalue weighted by Crippen LogP contribution is -2.31. The Morgan fingerprint density at radius 2 is 1.66 bits per heavy atom. The third kappa shape index (κ3) is 4.80. The average Bonchev–Trinajstić information content (AvgIpc) is 3.23. The Kier molecular flexibility index (Phi) is 6.80. The van der Waals surface area contributed by atoms with Gasteiger partial charge in [0.1, 0.15) is 0 Å². The maximum Gasteiger partial charge on any atom is 0.305 e.